The molecule has 0 spiro atoms. The molecule has 1 aliphatic rings. The Morgan fingerprint density at radius 1 is 1.05 bits per heavy atom. The van der Waals surface area contributed by atoms with E-state index in [-0.39, 0.29) is 0 Å². The number of nitrogens with zero attached hydrogens (tertiary/aromatic N) is 1. The van der Waals surface area contributed by atoms with Crippen molar-refractivity contribution in [1.29, 1.82) is 0 Å². The fourth-order valence-electron chi connectivity index (χ4n) is 2.51. The third kappa shape index (κ3) is 2.08. The van der Waals surface area contributed by atoms with Crippen LogP contribution in [0.1, 0.15) is 30.9 Å². The van der Waals surface area contributed by atoms with Crippen molar-refractivity contribution in [1.82, 2.24) is 0 Å². The molecule has 3 rings (SSSR count). The second-order valence-electron chi connectivity index (χ2n) is 5.11. The topological polar surface area (TPSA) is 20.3 Å². The molecule has 19 heavy (non-hydrogen) atoms. The molecule has 0 radical (unpaired) electrons. The van der Waals surface area contributed by atoms with Gasteiger partial charge in [-0.2, -0.15) is 0 Å². The summed E-state index contributed by atoms with van der Waals surface area (Å²) in [5, 5.41) is 0. The maximum absolute atomic E-state index is 12.6. The summed E-state index contributed by atoms with van der Waals surface area (Å²) in [4.78, 5) is 0.945. The highest BCUT2D eigenvalue weighted by Gasteiger charge is 2.28. The lowest BCUT2D eigenvalue weighted by molar-refractivity contribution is 0.683. The first kappa shape index (κ1) is 12.4. The van der Waals surface area contributed by atoms with Crippen molar-refractivity contribution in [3.63, 3.8) is 0 Å². The molecular weight excluding hydrogens is 254 g/mol. The summed E-state index contributed by atoms with van der Waals surface area (Å²) < 4.78 is 14.6. The molecule has 0 aromatic heterocycles. The van der Waals surface area contributed by atoms with E-state index in [9.17, 15) is 4.21 Å². The summed E-state index contributed by atoms with van der Waals surface area (Å²) in [7, 11) is -1.08. The lowest BCUT2D eigenvalue weighted by atomic mass is 10.0. The van der Waals surface area contributed by atoms with E-state index < -0.39 is 11.0 Å². The van der Waals surface area contributed by atoms with Crippen molar-refractivity contribution >= 4 is 16.7 Å². The third-order valence-electron chi connectivity index (χ3n) is 3.50. The molecule has 2 aromatic rings. The van der Waals surface area contributed by atoms with Crippen LogP contribution in [0.15, 0.2) is 53.4 Å². The van der Waals surface area contributed by atoms with Gasteiger partial charge in [0.15, 0.2) is 11.0 Å². The van der Waals surface area contributed by atoms with Crippen LogP contribution in [0, 0.1) is 0 Å². The van der Waals surface area contributed by atoms with Crippen LogP contribution in [0.2, 0.25) is 0 Å². The molecule has 1 heterocycles. The number of rotatable bonds is 2. The summed E-state index contributed by atoms with van der Waals surface area (Å²) >= 11 is 0. The highest BCUT2D eigenvalue weighted by atomic mass is 32.2. The minimum absolute atomic E-state index is 0.428. The predicted octanol–water partition coefficient (Wildman–Crippen LogP) is 3.85. The smallest absolute Gasteiger partial charge is 0.153 e. The Morgan fingerprint density at radius 2 is 1.74 bits per heavy atom. The van der Waals surface area contributed by atoms with E-state index in [1.54, 1.807) is 0 Å². The van der Waals surface area contributed by atoms with E-state index in [2.05, 4.69) is 32.0 Å². The van der Waals surface area contributed by atoms with Gasteiger partial charge in [0.25, 0.3) is 0 Å². The van der Waals surface area contributed by atoms with Gasteiger partial charge in [-0.25, -0.2) is 4.21 Å². The normalized spacial score (nSPS) is 17.8. The van der Waals surface area contributed by atoms with Crippen LogP contribution in [-0.2, 0) is 17.5 Å². The highest BCUT2D eigenvalue weighted by Crippen LogP contribution is 2.35. The maximum Gasteiger partial charge on any atom is 0.153 e. The van der Waals surface area contributed by atoms with Gasteiger partial charge in [0, 0.05) is 0 Å². The highest BCUT2D eigenvalue weighted by molar-refractivity contribution is 7.86. The minimum atomic E-state index is -1.08. The lowest BCUT2D eigenvalue weighted by Crippen LogP contribution is -2.19. The first-order valence-electron chi connectivity index (χ1n) is 6.54. The lowest BCUT2D eigenvalue weighted by Gasteiger charge is -2.21. The molecule has 1 atom stereocenters. The molecule has 2 aromatic carbocycles. The number of hydrogen-bond acceptors (Lipinski definition) is 1. The molecule has 0 amide bonds. The Morgan fingerprint density at radius 3 is 2.47 bits per heavy atom. The fourth-order valence-corrected chi connectivity index (χ4v) is 3.90. The predicted molar refractivity (Wildman–Crippen MR) is 79.6 cm³/mol. The van der Waals surface area contributed by atoms with Gasteiger partial charge in [0.05, 0.1) is 17.1 Å². The van der Waals surface area contributed by atoms with Crippen LogP contribution in [0.25, 0.3) is 0 Å². The van der Waals surface area contributed by atoms with Gasteiger partial charge >= 0.3 is 0 Å². The molecule has 2 nitrogen and oxygen atoms in total. The number of para-hydroxylation sites is 1. The van der Waals surface area contributed by atoms with Crippen LogP contribution < -0.4 is 4.31 Å². The van der Waals surface area contributed by atoms with Gasteiger partial charge < -0.3 is 0 Å². The Hall–Kier alpha value is -1.61. The van der Waals surface area contributed by atoms with E-state index >= 15 is 0 Å². The van der Waals surface area contributed by atoms with Crippen LogP contribution >= 0.6 is 0 Å². The zero-order valence-corrected chi connectivity index (χ0v) is 12.0. The number of benzene rings is 2. The molecule has 0 aliphatic carbocycles. The van der Waals surface area contributed by atoms with Crippen molar-refractivity contribution in [3.8, 4) is 0 Å². The van der Waals surface area contributed by atoms with Crippen LogP contribution in [0.4, 0.5) is 5.69 Å². The SMILES string of the molecule is CC(C)c1ccccc1N1Cc2ccccc2S1=O. The molecule has 98 valence electrons. The number of hydrogen-bond donors (Lipinski definition) is 0. The van der Waals surface area contributed by atoms with Gasteiger partial charge in [-0.1, -0.05) is 50.2 Å². The van der Waals surface area contributed by atoms with Gasteiger partial charge in [0.2, 0.25) is 0 Å². The average molecular weight is 271 g/mol. The zero-order valence-electron chi connectivity index (χ0n) is 11.2. The number of fused-ring (bicyclic) bond motifs is 1. The van der Waals surface area contributed by atoms with E-state index in [1.807, 2.05) is 34.6 Å². The monoisotopic (exact) mass is 271 g/mol. The average Bonchev–Trinajstić information content (AvgIpc) is 2.76. The molecule has 0 saturated carbocycles. The molecule has 0 fully saturated rings. The van der Waals surface area contributed by atoms with Crippen molar-refractivity contribution in [2.45, 2.75) is 31.2 Å². The van der Waals surface area contributed by atoms with Crippen LogP contribution in [-0.4, -0.2) is 4.21 Å². The van der Waals surface area contributed by atoms with E-state index in [0.717, 1.165) is 17.1 Å². The molecule has 0 N–H and O–H groups in total. The standard InChI is InChI=1S/C16H17NOS/c1-12(2)14-8-4-5-9-15(14)17-11-13-7-3-6-10-16(13)19(17)18/h3-10,12H,11H2,1-2H3. The van der Waals surface area contributed by atoms with Gasteiger partial charge in [-0.15, -0.1) is 0 Å². The Bertz CT molecular complexity index is 636. The fraction of sp³-hybridized carbons (Fsp3) is 0.250. The van der Waals surface area contributed by atoms with Crippen molar-refractivity contribution in [3.05, 3.63) is 59.7 Å². The summed E-state index contributed by atoms with van der Waals surface area (Å²) in [6.45, 7) is 5.07. The maximum atomic E-state index is 12.6. The first-order chi connectivity index (χ1) is 9.18. The zero-order chi connectivity index (χ0) is 13.4. The molecule has 3 heteroatoms. The molecule has 1 unspecified atom stereocenters. The van der Waals surface area contributed by atoms with Gasteiger partial charge in [0.1, 0.15) is 0 Å². The van der Waals surface area contributed by atoms with Crippen LogP contribution in [0.5, 0.6) is 0 Å². The van der Waals surface area contributed by atoms with Gasteiger partial charge in [-0.3, -0.25) is 4.31 Å². The molecule has 1 aliphatic heterocycles. The van der Waals surface area contributed by atoms with Gasteiger partial charge in [-0.05, 0) is 29.2 Å². The summed E-state index contributed by atoms with van der Waals surface area (Å²) in [6.07, 6.45) is 0. The molecule has 0 saturated heterocycles. The van der Waals surface area contributed by atoms with Crippen LogP contribution in [0.3, 0.4) is 0 Å². The minimum Gasteiger partial charge on any atom is -0.283 e. The Labute approximate surface area is 116 Å². The second kappa shape index (κ2) is 4.82. The Balaban J connectivity index is 2.05. The van der Waals surface area contributed by atoms with Crippen molar-refractivity contribution < 1.29 is 4.21 Å². The summed E-state index contributed by atoms with van der Waals surface area (Å²) in [6, 6.07) is 16.2. The van der Waals surface area contributed by atoms with E-state index in [0.29, 0.717) is 5.92 Å². The summed E-state index contributed by atoms with van der Waals surface area (Å²) in [5.41, 5.74) is 3.51. The second-order valence-corrected chi connectivity index (χ2v) is 6.49. The van der Waals surface area contributed by atoms with E-state index in [4.69, 9.17) is 0 Å². The Kier molecular flexibility index (Phi) is 3.15. The van der Waals surface area contributed by atoms with E-state index in [1.165, 1.54) is 11.1 Å². The largest absolute Gasteiger partial charge is 0.283 e. The number of anilines is 1. The summed E-state index contributed by atoms with van der Waals surface area (Å²) in [5.74, 6) is 0.428. The van der Waals surface area contributed by atoms with Crippen molar-refractivity contribution in [2.24, 2.45) is 0 Å². The molecule has 0 bridgehead atoms. The quantitative estimate of drug-likeness (QED) is 0.812. The molecular formula is C16H17NOS. The first-order valence-corrected chi connectivity index (χ1v) is 7.65. The third-order valence-corrected chi connectivity index (χ3v) is 5.00. The van der Waals surface area contributed by atoms with Crippen molar-refractivity contribution in [2.75, 3.05) is 4.31 Å².